The van der Waals surface area contributed by atoms with E-state index in [0.717, 1.165) is 10.6 Å². The average Bonchev–Trinajstić information content (AvgIpc) is 3.28. The Balaban J connectivity index is 1.62. The summed E-state index contributed by atoms with van der Waals surface area (Å²) in [5, 5.41) is 11.4. The van der Waals surface area contributed by atoms with E-state index < -0.39 is 0 Å². The second-order valence-corrected chi connectivity index (χ2v) is 7.32. The van der Waals surface area contributed by atoms with Crippen molar-refractivity contribution in [2.45, 2.75) is 18.6 Å². The number of amides is 1. The standard InChI is InChI=1S/C17H16N4O2S2/c1-12(22)18-9-14-7-8-16(25-14)15(23)10-24-17-20-19-11-21(17)13-5-3-2-4-6-13/h2-8,11H,9-10H2,1H3,(H,18,22). The maximum absolute atomic E-state index is 12.4. The van der Waals surface area contributed by atoms with Crippen LogP contribution in [0.25, 0.3) is 5.69 Å². The fourth-order valence-electron chi connectivity index (χ4n) is 2.12. The summed E-state index contributed by atoms with van der Waals surface area (Å²) >= 11 is 2.76. The topological polar surface area (TPSA) is 76.9 Å². The van der Waals surface area contributed by atoms with Gasteiger partial charge in [-0.05, 0) is 24.3 Å². The molecule has 0 aliphatic rings. The van der Waals surface area contributed by atoms with E-state index in [1.54, 1.807) is 12.4 Å². The molecular formula is C17H16N4O2S2. The molecule has 0 atom stereocenters. The van der Waals surface area contributed by atoms with Crippen LogP contribution in [-0.2, 0) is 11.3 Å². The van der Waals surface area contributed by atoms with Crippen LogP contribution in [0.1, 0.15) is 21.5 Å². The number of thiophene rings is 1. The Morgan fingerprint density at radius 2 is 2.00 bits per heavy atom. The molecule has 0 aliphatic carbocycles. The van der Waals surface area contributed by atoms with Crippen molar-refractivity contribution in [2.75, 3.05) is 5.75 Å². The fraction of sp³-hybridized carbons (Fsp3) is 0.176. The van der Waals surface area contributed by atoms with Crippen molar-refractivity contribution in [3.05, 3.63) is 58.5 Å². The van der Waals surface area contributed by atoms with Crippen LogP contribution in [0.4, 0.5) is 0 Å². The number of para-hydroxylation sites is 1. The number of nitrogens with zero attached hydrogens (tertiary/aromatic N) is 3. The third kappa shape index (κ3) is 4.55. The van der Waals surface area contributed by atoms with Gasteiger partial charge in [0.15, 0.2) is 10.9 Å². The first-order valence-electron chi connectivity index (χ1n) is 7.58. The summed E-state index contributed by atoms with van der Waals surface area (Å²) in [6, 6.07) is 13.4. The Labute approximate surface area is 153 Å². The molecule has 0 aliphatic heterocycles. The van der Waals surface area contributed by atoms with Crippen molar-refractivity contribution in [1.29, 1.82) is 0 Å². The second kappa shape index (κ2) is 8.09. The maximum atomic E-state index is 12.4. The van der Waals surface area contributed by atoms with Gasteiger partial charge in [0.05, 0.1) is 17.2 Å². The molecule has 0 bridgehead atoms. The summed E-state index contributed by atoms with van der Waals surface area (Å²) in [5.74, 6) is 0.231. The van der Waals surface area contributed by atoms with E-state index in [4.69, 9.17) is 0 Å². The van der Waals surface area contributed by atoms with Crippen LogP contribution in [0.3, 0.4) is 0 Å². The second-order valence-electron chi connectivity index (χ2n) is 5.21. The molecule has 3 aromatic rings. The first-order chi connectivity index (χ1) is 12.1. The summed E-state index contributed by atoms with van der Waals surface area (Å²) in [4.78, 5) is 25.0. The zero-order valence-electron chi connectivity index (χ0n) is 13.5. The molecule has 2 heterocycles. The molecule has 1 aromatic carbocycles. The van der Waals surface area contributed by atoms with Gasteiger partial charge in [0.1, 0.15) is 6.33 Å². The molecule has 1 N–H and O–H groups in total. The first kappa shape index (κ1) is 17.4. The Kier molecular flexibility index (Phi) is 5.62. The van der Waals surface area contributed by atoms with Crippen molar-refractivity contribution >= 4 is 34.8 Å². The number of hydrogen-bond acceptors (Lipinski definition) is 6. The van der Waals surface area contributed by atoms with Crippen molar-refractivity contribution < 1.29 is 9.59 Å². The number of rotatable bonds is 7. The number of Topliss-reactive ketones (excluding diaryl/α,β-unsaturated/α-hetero) is 1. The predicted molar refractivity (Wildman–Crippen MR) is 98.3 cm³/mol. The smallest absolute Gasteiger partial charge is 0.217 e. The molecule has 0 saturated carbocycles. The largest absolute Gasteiger partial charge is 0.351 e. The van der Waals surface area contributed by atoms with E-state index in [2.05, 4.69) is 15.5 Å². The van der Waals surface area contributed by atoms with E-state index in [0.29, 0.717) is 16.6 Å². The lowest BCUT2D eigenvalue weighted by Crippen LogP contribution is -2.18. The third-order valence-electron chi connectivity index (χ3n) is 3.33. The molecule has 8 heteroatoms. The van der Waals surface area contributed by atoms with E-state index in [-0.39, 0.29) is 17.4 Å². The molecule has 0 radical (unpaired) electrons. The maximum Gasteiger partial charge on any atom is 0.217 e. The summed E-state index contributed by atoms with van der Waals surface area (Å²) < 4.78 is 1.86. The summed E-state index contributed by atoms with van der Waals surface area (Å²) in [6.07, 6.45) is 1.64. The lowest BCUT2D eigenvalue weighted by molar-refractivity contribution is -0.119. The van der Waals surface area contributed by atoms with Gasteiger partial charge in [-0.3, -0.25) is 14.2 Å². The number of carbonyl (C=O) groups is 2. The highest BCUT2D eigenvalue weighted by Crippen LogP contribution is 2.23. The van der Waals surface area contributed by atoms with Gasteiger partial charge in [0, 0.05) is 17.5 Å². The quantitative estimate of drug-likeness (QED) is 0.510. The van der Waals surface area contributed by atoms with Crippen molar-refractivity contribution in [2.24, 2.45) is 0 Å². The highest BCUT2D eigenvalue weighted by atomic mass is 32.2. The van der Waals surface area contributed by atoms with E-state index in [9.17, 15) is 9.59 Å². The van der Waals surface area contributed by atoms with Crippen LogP contribution in [0.5, 0.6) is 0 Å². The molecule has 3 rings (SSSR count). The van der Waals surface area contributed by atoms with Gasteiger partial charge in [-0.2, -0.15) is 0 Å². The van der Waals surface area contributed by atoms with Gasteiger partial charge in [0.2, 0.25) is 5.91 Å². The number of hydrogen-bond donors (Lipinski definition) is 1. The van der Waals surface area contributed by atoms with Gasteiger partial charge in [0.25, 0.3) is 0 Å². The Morgan fingerprint density at radius 1 is 1.20 bits per heavy atom. The number of ketones is 1. The third-order valence-corrected chi connectivity index (χ3v) is 5.40. The molecule has 25 heavy (non-hydrogen) atoms. The molecule has 0 unspecified atom stereocenters. The highest BCUT2D eigenvalue weighted by Gasteiger charge is 2.13. The molecule has 2 aromatic heterocycles. The van der Waals surface area contributed by atoms with Crippen LogP contribution in [0.15, 0.2) is 53.9 Å². The summed E-state index contributed by atoms with van der Waals surface area (Å²) in [7, 11) is 0. The minimum atomic E-state index is -0.0860. The Morgan fingerprint density at radius 3 is 2.76 bits per heavy atom. The normalized spacial score (nSPS) is 10.6. The van der Waals surface area contributed by atoms with Crippen LogP contribution < -0.4 is 5.32 Å². The monoisotopic (exact) mass is 372 g/mol. The van der Waals surface area contributed by atoms with Gasteiger partial charge in [-0.25, -0.2) is 0 Å². The highest BCUT2D eigenvalue weighted by molar-refractivity contribution is 7.99. The fourth-order valence-corrected chi connectivity index (χ4v) is 3.91. The number of thioether (sulfide) groups is 1. The van der Waals surface area contributed by atoms with Crippen molar-refractivity contribution in [1.82, 2.24) is 20.1 Å². The average molecular weight is 372 g/mol. The zero-order valence-corrected chi connectivity index (χ0v) is 15.1. The van der Waals surface area contributed by atoms with Gasteiger partial charge in [-0.15, -0.1) is 21.5 Å². The SMILES string of the molecule is CC(=O)NCc1ccc(C(=O)CSc2nncn2-c2ccccc2)s1. The zero-order chi connectivity index (χ0) is 17.6. The molecule has 128 valence electrons. The van der Waals surface area contributed by atoms with E-state index >= 15 is 0 Å². The lowest BCUT2D eigenvalue weighted by atomic mass is 10.3. The molecular weight excluding hydrogens is 356 g/mol. The minimum Gasteiger partial charge on any atom is -0.351 e. The van der Waals surface area contributed by atoms with Gasteiger partial charge >= 0.3 is 0 Å². The van der Waals surface area contributed by atoms with Crippen LogP contribution >= 0.6 is 23.1 Å². The molecule has 6 nitrogen and oxygen atoms in total. The Hall–Kier alpha value is -2.45. The van der Waals surface area contributed by atoms with Crippen LogP contribution in [0.2, 0.25) is 0 Å². The predicted octanol–water partition coefficient (Wildman–Crippen LogP) is 2.94. The number of benzene rings is 1. The van der Waals surface area contributed by atoms with E-state index in [1.165, 1.54) is 30.0 Å². The van der Waals surface area contributed by atoms with Crippen LogP contribution in [-0.4, -0.2) is 32.2 Å². The summed E-state index contributed by atoms with van der Waals surface area (Å²) in [5.41, 5.74) is 0.955. The number of aromatic nitrogens is 3. The lowest BCUT2D eigenvalue weighted by Gasteiger charge is -2.05. The van der Waals surface area contributed by atoms with E-state index in [1.807, 2.05) is 41.0 Å². The minimum absolute atomic E-state index is 0.0340. The molecule has 1 amide bonds. The first-order valence-corrected chi connectivity index (χ1v) is 9.38. The molecule has 0 saturated heterocycles. The van der Waals surface area contributed by atoms with Crippen molar-refractivity contribution in [3.63, 3.8) is 0 Å². The van der Waals surface area contributed by atoms with Gasteiger partial charge < -0.3 is 5.32 Å². The van der Waals surface area contributed by atoms with Gasteiger partial charge in [-0.1, -0.05) is 30.0 Å². The molecule has 0 fully saturated rings. The molecule has 0 spiro atoms. The summed E-state index contributed by atoms with van der Waals surface area (Å²) in [6.45, 7) is 1.92. The Bertz CT molecular complexity index is 874. The number of nitrogens with one attached hydrogen (secondary N) is 1. The number of carbonyl (C=O) groups excluding carboxylic acids is 2. The van der Waals surface area contributed by atoms with Crippen LogP contribution in [0, 0.1) is 0 Å². The van der Waals surface area contributed by atoms with Crippen molar-refractivity contribution in [3.8, 4) is 5.69 Å².